The Morgan fingerprint density at radius 2 is 0.431 bits per heavy atom. The minimum Gasteiger partial charge on any atom is -0.490 e. The summed E-state index contributed by atoms with van der Waals surface area (Å²) in [6.45, 7) is 11.9. The minimum absolute atomic E-state index is 0.686. The van der Waals surface area contributed by atoms with Crippen molar-refractivity contribution in [2.75, 3.05) is 26.4 Å². The van der Waals surface area contributed by atoms with Crippen LogP contribution in [-0.2, 0) is 0 Å². The number of nitrogens with zero attached hydrogens (tertiary/aromatic N) is 2. The van der Waals surface area contributed by atoms with E-state index in [0.717, 1.165) is 70.7 Å². The van der Waals surface area contributed by atoms with Crippen molar-refractivity contribution in [1.29, 1.82) is 0 Å². The standard InChI is InChI=1S/C52H88N2O4/c1-5-9-13-17-21-25-29-33-37-55-49-41-45-46(42-50(49)56-38-34-30-26-22-18-14-10-6-2)54-48-44-52(58-40-36-32-28-24-20-16-12-8-4)51(43-47(48)53-45)57-39-35-31-27-23-19-15-11-7-3/h41-44H,5-40H2,1-4H3. The zero-order chi connectivity index (χ0) is 41.1. The second-order valence-corrected chi connectivity index (χ2v) is 17.1. The molecule has 0 aliphatic rings. The van der Waals surface area contributed by atoms with Gasteiger partial charge in [0.1, 0.15) is 0 Å². The van der Waals surface area contributed by atoms with Gasteiger partial charge in [0.15, 0.2) is 23.0 Å². The average molecular weight is 805 g/mol. The van der Waals surface area contributed by atoms with Crippen LogP contribution in [0.15, 0.2) is 24.3 Å². The molecular formula is C52H88N2O4. The summed E-state index contributed by atoms with van der Waals surface area (Å²) in [5.74, 6) is 3.11. The first kappa shape index (κ1) is 49.6. The highest BCUT2D eigenvalue weighted by Gasteiger charge is 2.15. The van der Waals surface area contributed by atoms with Gasteiger partial charge >= 0.3 is 0 Å². The Labute approximate surface area is 356 Å². The monoisotopic (exact) mass is 805 g/mol. The number of rotatable bonds is 40. The Kier molecular flexibility index (Phi) is 29.1. The second kappa shape index (κ2) is 34.0. The first-order valence-electron chi connectivity index (χ1n) is 25.0. The molecule has 2 aromatic carbocycles. The first-order chi connectivity index (χ1) is 28.7. The minimum atomic E-state index is 0.686. The molecule has 330 valence electrons. The van der Waals surface area contributed by atoms with Gasteiger partial charge in [0.2, 0.25) is 0 Å². The number of aromatic nitrogens is 2. The predicted molar refractivity (Wildman–Crippen MR) is 249 cm³/mol. The Morgan fingerprint density at radius 3 is 0.621 bits per heavy atom. The van der Waals surface area contributed by atoms with Gasteiger partial charge in [-0.15, -0.1) is 0 Å². The van der Waals surface area contributed by atoms with E-state index in [2.05, 4.69) is 27.7 Å². The van der Waals surface area contributed by atoms with Crippen molar-refractivity contribution >= 4 is 22.1 Å². The molecule has 0 fully saturated rings. The molecular weight excluding hydrogens is 717 g/mol. The number of ether oxygens (including phenoxy) is 4. The van der Waals surface area contributed by atoms with E-state index in [4.69, 9.17) is 28.9 Å². The molecule has 0 N–H and O–H groups in total. The van der Waals surface area contributed by atoms with Crippen LogP contribution in [0.1, 0.15) is 233 Å². The third kappa shape index (κ3) is 22.0. The maximum atomic E-state index is 6.45. The van der Waals surface area contributed by atoms with Crippen LogP contribution in [0.2, 0.25) is 0 Å². The fourth-order valence-corrected chi connectivity index (χ4v) is 7.82. The Bertz CT molecular complexity index is 1220. The van der Waals surface area contributed by atoms with Crippen molar-refractivity contribution in [3.8, 4) is 23.0 Å². The van der Waals surface area contributed by atoms with Crippen LogP contribution >= 0.6 is 0 Å². The van der Waals surface area contributed by atoms with Crippen LogP contribution in [0, 0.1) is 0 Å². The van der Waals surface area contributed by atoms with Gasteiger partial charge in [-0.25, -0.2) is 9.97 Å². The van der Waals surface area contributed by atoms with Crippen molar-refractivity contribution < 1.29 is 18.9 Å². The van der Waals surface area contributed by atoms with Crippen LogP contribution in [0.4, 0.5) is 0 Å². The number of hydrogen-bond acceptors (Lipinski definition) is 6. The van der Waals surface area contributed by atoms with Crippen LogP contribution in [0.5, 0.6) is 23.0 Å². The van der Waals surface area contributed by atoms with E-state index in [-0.39, 0.29) is 0 Å². The maximum absolute atomic E-state index is 6.45. The highest BCUT2D eigenvalue weighted by Crippen LogP contribution is 2.36. The van der Waals surface area contributed by atoms with Gasteiger partial charge < -0.3 is 18.9 Å². The molecule has 0 radical (unpaired) electrons. The molecule has 1 aromatic heterocycles. The molecule has 0 spiro atoms. The molecule has 6 nitrogen and oxygen atoms in total. The van der Waals surface area contributed by atoms with E-state index in [1.807, 2.05) is 24.3 Å². The van der Waals surface area contributed by atoms with Gasteiger partial charge in [-0.2, -0.15) is 0 Å². The zero-order valence-corrected chi connectivity index (χ0v) is 38.3. The molecule has 0 atom stereocenters. The van der Waals surface area contributed by atoms with E-state index >= 15 is 0 Å². The highest BCUT2D eigenvalue weighted by atomic mass is 16.5. The summed E-state index contributed by atoms with van der Waals surface area (Å²) >= 11 is 0. The van der Waals surface area contributed by atoms with Crippen LogP contribution in [0.25, 0.3) is 22.1 Å². The molecule has 0 aliphatic carbocycles. The number of benzene rings is 2. The van der Waals surface area contributed by atoms with Gasteiger partial charge in [-0.1, -0.05) is 207 Å². The molecule has 0 saturated carbocycles. The topological polar surface area (TPSA) is 62.7 Å². The normalized spacial score (nSPS) is 11.5. The summed E-state index contributed by atoms with van der Waals surface area (Å²) in [5, 5.41) is 0. The van der Waals surface area contributed by atoms with E-state index in [0.29, 0.717) is 26.4 Å². The zero-order valence-electron chi connectivity index (χ0n) is 38.3. The van der Waals surface area contributed by atoms with Crippen molar-refractivity contribution in [3.05, 3.63) is 24.3 Å². The summed E-state index contributed by atoms with van der Waals surface area (Å²) in [4.78, 5) is 10.3. The smallest absolute Gasteiger partial charge is 0.163 e. The van der Waals surface area contributed by atoms with Crippen molar-refractivity contribution in [3.63, 3.8) is 0 Å². The molecule has 0 unspecified atom stereocenters. The lowest BCUT2D eigenvalue weighted by Crippen LogP contribution is -2.05. The molecule has 3 aromatic rings. The van der Waals surface area contributed by atoms with E-state index < -0.39 is 0 Å². The van der Waals surface area contributed by atoms with E-state index in [1.54, 1.807) is 0 Å². The van der Waals surface area contributed by atoms with Crippen LogP contribution in [-0.4, -0.2) is 36.4 Å². The summed E-state index contributed by atoms with van der Waals surface area (Å²) < 4.78 is 25.8. The Morgan fingerprint density at radius 1 is 0.259 bits per heavy atom. The molecule has 3 rings (SSSR count). The van der Waals surface area contributed by atoms with Gasteiger partial charge in [0, 0.05) is 24.3 Å². The summed E-state index contributed by atoms with van der Waals surface area (Å²) in [6, 6.07) is 8.18. The molecule has 6 heteroatoms. The Balaban J connectivity index is 1.71. The van der Waals surface area contributed by atoms with Crippen molar-refractivity contribution in [1.82, 2.24) is 9.97 Å². The van der Waals surface area contributed by atoms with Gasteiger partial charge in [0.05, 0.1) is 48.5 Å². The third-order valence-electron chi connectivity index (χ3n) is 11.6. The highest BCUT2D eigenvalue weighted by molar-refractivity contribution is 5.89. The summed E-state index contributed by atoms with van der Waals surface area (Å²) in [6.07, 6.45) is 40.8. The van der Waals surface area contributed by atoms with Crippen molar-refractivity contribution in [2.24, 2.45) is 0 Å². The van der Waals surface area contributed by atoms with Gasteiger partial charge in [0.25, 0.3) is 0 Å². The summed E-state index contributed by atoms with van der Waals surface area (Å²) in [5.41, 5.74) is 3.28. The Hall–Kier alpha value is -2.76. The van der Waals surface area contributed by atoms with E-state index in [9.17, 15) is 0 Å². The largest absolute Gasteiger partial charge is 0.490 e. The molecule has 1 heterocycles. The van der Waals surface area contributed by atoms with Crippen molar-refractivity contribution in [2.45, 2.75) is 233 Å². The molecule has 0 aliphatic heterocycles. The quantitative estimate of drug-likeness (QED) is 0.0421. The average Bonchev–Trinajstić information content (AvgIpc) is 3.23. The molecule has 58 heavy (non-hydrogen) atoms. The lowest BCUT2D eigenvalue weighted by Gasteiger charge is -2.16. The maximum Gasteiger partial charge on any atom is 0.163 e. The van der Waals surface area contributed by atoms with Crippen LogP contribution < -0.4 is 18.9 Å². The summed E-state index contributed by atoms with van der Waals surface area (Å²) in [7, 11) is 0. The van der Waals surface area contributed by atoms with Gasteiger partial charge in [-0.05, 0) is 25.7 Å². The number of unbranched alkanes of at least 4 members (excludes halogenated alkanes) is 28. The lowest BCUT2D eigenvalue weighted by molar-refractivity contribution is 0.258. The SMILES string of the molecule is CCCCCCCCCCOc1cc2nc3cc(OCCCCCCCCCC)c(OCCCCCCCCCC)cc3nc2cc1OCCCCCCCCCC. The fourth-order valence-electron chi connectivity index (χ4n) is 7.82. The van der Waals surface area contributed by atoms with E-state index in [1.165, 1.54) is 180 Å². The van der Waals surface area contributed by atoms with Crippen LogP contribution in [0.3, 0.4) is 0 Å². The lowest BCUT2D eigenvalue weighted by atomic mass is 10.1. The first-order valence-corrected chi connectivity index (χ1v) is 25.0. The third-order valence-corrected chi connectivity index (χ3v) is 11.6. The molecule has 0 bridgehead atoms. The fraction of sp³-hybridized carbons (Fsp3) is 0.769. The van der Waals surface area contributed by atoms with Gasteiger partial charge in [-0.3, -0.25) is 0 Å². The number of fused-ring (bicyclic) bond motifs is 2. The predicted octanol–water partition coefficient (Wildman–Crippen LogP) is 16.9. The number of hydrogen-bond donors (Lipinski definition) is 0. The molecule has 0 saturated heterocycles. The second-order valence-electron chi connectivity index (χ2n) is 17.1. The molecule has 0 amide bonds.